The normalized spacial score (nSPS) is 13.9. The van der Waals surface area contributed by atoms with Crippen molar-refractivity contribution in [2.45, 2.75) is 32.1 Å². The summed E-state index contributed by atoms with van der Waals surface area (Å²) in [7, 11) is 3.10. The number of aliphatic hydroxyl groups is 1. The number of nitrogens with zero attached hydrogens (tertiary/aromatic N) is 5. The van der Waals surface area contributed by atoms with E-state index in [1.54, 1.807) is 24.8 Å². The Morgan fingerprint density at radius 3 is 2.69 bits per heavy atom. The first-order valence-electron chi connectivity index (χ1n) is 10.9. The monoisotopic (exact) mass is 496 g/mol. The minimum atomic E-state index is -0.793. The van der Waals surface area contributed by atoms with Gasteiger partial charge in [-0.3, -0.25) is 9.29 Å². The Kier molecular flexibility index (Phi) is 7.17. The Labute approximate surface area is 207 Å². The lowest BCUT2D eigenvalue weighted by molar-refractivity contribution is 0.174. The van der Waals surface area contributed by atoms with Gasteiger partial charge in [0.15, 0.2) is 5.76 Å². The molecule has 0 amide bonds. The summed E-state index contributed by atoms with van der Waals surface area (Å²) in [5.41, 5.74) is 1.99. The van der Waals surface area contributed by atoms with E-state index < -0.39 is 6.10 Å². The van der Waals surface area contributed by atoms with Crippen molar-refractivity contribution in [3.8, 4) is 11.6 Å². The highest BCUT2D eigenvalue weighted by Gasteiger charge is 2.26. The maximum atomic E-state index is 11.0. The Bertz CT molecular complexity index is 1370. The van der Waals surface area contributed by atoms with Gasteiger partial charge >= 0.3 is 0 Å². The van der Waals surface area contributed by atoms with Gasteiger partial charge in [0.05, 0.1) is 31.4 Å². The smallest absolute Gasteiger partial charge is 0.239 e. The van der Waals surface area contributed by atoms with Crippen LogP contribution in [0.25, 0.3) is 22.9 Å². The SMILES string of the molecule is C=C(OC)/C(=C(\C)OC)n1c(NSC(C)C(O)c2cnc3ccccn23)nnc1-c1ccc(C)o1. The highest BCUT2D eigenvalue weighted by atomic mass is 32.2. The number of hydrogen-bond donors (Lipinski definition) is 2. The van der Waals surface area contributed by atoms with E-state index in [1.807, 2.05) is 54.8 Å². The van der Waals surface area contributed by atoms with Crippen molar-refractivity contribution < 1.29 is 19.0 Å². The van der Waals surface area contributed by atoms with Crippen LogP contribution in [0, 0.1) is 6.92 Å². The van der Waals surface area contributed by atoms with E-state index in [1.165, 1.54) is 19.1 Å². The largest absolute Gasteiger partial charge is 0.499 e. The molecule has 0 aliphatic rings. The van der Waals surface area contributed by atoms with E-state index in [9.17, 15) is 5.11 Å². The summed E-state index contributed by atoms with van der Waals surface area (Å²) in [6.07, 6.45) is 2.77. The predicted octanol–water partition coefficient (Wildman–Crippen LogP) is 4.67. The summed E-state index contributed by atoms with van der Waals surface area (Å²) in [5.74, 6) is 3.01. The van der Waals surface area contributed by atoms with E-state index in [2.05, 4.69) is 26.5 Å². The molecule has 11 heteroatoms. The average molecular weight is 497 g/mol. The van der Waals surface area contributed by atoms with Crippen molar-refractivity contribution in [1.29, 1.82) is 0 Å². The van der Waals surface area contributed by atoms with E-state index in [-0.39, 0.29) is 5.25 Å². The number of ether oxygens (including phenoxy) is 2. The van der Waals surface area contributed by atoms with Gasteiger partial charge in [0.2, 0.25) is 11.8 Å². The Balaban J connectivity index is 1.67. The molecule has 4 heterocycles. The number of fused-ring (bicyclic) bond motifs is 1. The van der Waals surface area contributed by atoms with Crippen LogP contribution >= 0.6 is 11.9 Å². The second kappa shape index (κ2) is 10.3. The van der Waals surface area contributed by atoms with Gasteiger partial charge in [-0.25, -0.2) is 4.98 Å². The summed E-state index contributed by atoms with van der Waals surface area (Å²) in [5, 5.41) is 19.4. The van der Waals surface area contributed by atoms with Crippen LogP contribution in [-0.2, 0) is 9.47 Å². The maximum Gasteiger partial charge on any atom is 0.239 e. The van der Waals surface area contributed by atoms with Crippen LogP contribution in [0.15, 0.2) is 65.2 Å². The predicted molar refractivity (Wildman–Crippen MR) is 135 cm³/mol. The van der Waals surface area contributed by atoms with E-state index in [0.717, 1.165) is 11.4 Å². The number of aromatic nitrogens is 5. The number of pyridine rings is 1. The van der Waals surface area contributed by atoms with Gasteiger partial charge in [0.25, 0.3) is 0 Å². The molecule has 0 bridgehead atoms. The summed E-state index contributed by atoms with van der Waals surface area (Å²) in [6, 6.07) is 9.36. The number of methoxy groups -OCH3 is 2. The molecule has 0 radical (unpaired) electrons. The molecule has 2 N–H and O–H groups in total. The number of anilines is 1. The Morgan fingerprint density at radius 1 is 1.20 bits per heavy atom. The topological polar surface area (TPSA) is 112 Å². The number of nitrogens with one attached hydrogen (secondary N) is 1. The fourth-order valence-corrected chi connectivity index (χ4v) is 4.26. The Morgan fingerprint density at radius 2 is 2.00 bits per heavy atom. The molecule has 2 unspecified atom stereocenters. The summed E-state index contributed by atoms with van der Waals surface area (Å²) >= 11 is 1.30. The first-order valence-corrected chi connectivity index (χ1v) is 11.8. The molecule has 0 fully saturated rings. The van der Waals surface area contributed by atoms with Crippen molar-refractivity contribution in [2.24, 2.45) is 0 Å². The van der Waals surface area contributed by atoms with Crippen LogP contribution in [0.4, 0.5) is 5.95 Å². The van der Waals surface area contributed by atoms with Crippen LogP contribution in [-0.4, -0.2) is 48.7 Å². The number of rotatable bonds is 10. The molecular formula is C24H28N6O4S. The second-order valence-corrected chi connectivity index (χ2v) is 8.99. The molecule has 0 saturated carbocycles. The van der Waals surface area contributed by atoms with Crippen molar-refractivity contribution in [3.63, 3.8) is 0 Å². The van der Waals surface area contributed by atoms with E-state index >= 15 is 0 Å². The summed E-state index contributed by atoms with van der Waals surface area (Å²) in [6.45, 7) is 9.58. The van der Waals surface area contributed by atoms with Gasteiger partial charge in [0, 0.05) is 6.20 Å². The van der Waals surface area contributed by atoms with Crippen molar-refractivity contribution in [1.82, 2.24) is 24.1 Å². The lowest BCUT2D eigenvalue weighted by Gasteiger charge is -2.20. The zero-order valence-electron chi connectivity index (χ0n) is 20.2. The van der Waals surface area contributed by atoms with Crippen LogP contribution < -0.4 is 4.72 Å². The van der Waals surface area contributed by atoms with Gasteiger partial charge < -0.3 is 23.4 Å². The lowest BCUT2D eigenvalue weighted by atomic mass is 10.2. The van der Waals surface area contributed by atoms with Crippen LogP contribution in [0.5, 0.6) is 0 Å². The zero-order valence-corrected chi connectivity index (χ0v) is 21.0. The highest BCUT2D eigenvalue weighted by Crippen LogP contribution is 2.34. The van der Waals surface area contributed by atoms with Crippen LogP contribution in [0.3, 0.4) is 0 Å². The van der Waals surface area contributed by atoms with Crippen LogP contribution in [0.2, 0.25) is 0 Å². The molecule has 184 valence electrons. The van der Waals surface area contributed by atoms with Gasteiger partial charge in [-0.05, 0) is 57.0 Å². The van der Waals surface area contributed by atoms with Crippen molar-refractivity contribution in [2.75, 3.05) is 18.9 Å². The third kappa shape index (κ3) is 4.77. The molecule has 2 atom stereocenters. The van der Waals surface area contributed by atoms with Gasteiger partial charge in [0.1, 0.15) is 34.7 Å². The van der Waals surface area contributed by atoms with Gasteiger partial charge in [-0.2, -0.15) is 0 Å². The van der Waals surface area contributed by atoms with Crippen molar-refractivity contribution in [3.05, 3.63) is 72.3 Å². The maximum absolute atomic E-state index is 11.0. The number of aryl methyl sites for hydroxylation is 1. The number of furan rings is 1. The molecule has 0 aliphatic carbocycles. The fourth-order valence-electron chi connectivity index (χ4n) is 3.57. The molecule has 4 aromatic heterocycles. The quantitative estimate of drug-likeness (QED) is 0.184. The molecular weight excluding hydrogens is 468 g/mol. The molecule has 0 aromatic carbocycles. The first-order chi connectivity index (χ1) is 16.8. The second-order valence-electron chi connectivity index (χ2n) is 7.81. The van der Waals surface area contributed by atoms with Crippen LogP contribution in [0.1, 0.15) is 31.4 Å². The number of imidazole rings is 1. The molecule has 35 heavy (non-hydrogen) atoms. The highest BCUT2D eigenvalue weighted by molar-refractivity contribution is 8.01. The molecule has 0 saturated heterocycles. The summed E-state index contributed by atoms with van der Waals surface area (Å²) < 4.78 is 23.6. The van der Waals surface area contributed by atoms with E-state index in [4.69, 9.17) is 13.9 Å². The van der Waals surface area contributed by atoms with Gasteiger partial charge in [-0.15, -0.1) is 10.2 Å². The molecule has 0 aliphatic heterocycles. The van der Waals surface area contributed by atoms with Gasteiger partial charge in [-0.1, -0.05) is 12.6 Å². The third-order valence-corrected chi connectivity index (χ3v) is 6.46. The lowest BCUT2D eigenvalue weighted by Crippen LogP contribution is -2.16. The third-order valence-electron chi connectivity index (χ3n) is 5.53. The number of allylic oxidation sites excluding steroid dienone is 2. The average Bonchev–Trinajstić information content (AvgIpc) is 3.60. The first kappa shape index (κ1) is 24.4. The number of aliphatic hydroxyl groups excluding tert-OH is 1. The van der Waals surface area contributed by atoms with E-state index in [0.29, 0.717) is 40.4 Å². The Hall–Kier alpha value is -3.70. The molecule has 4 aromatic rings. The number of hydrogen-bond acceptors (Lipinski definition) is 9. The standard InChI is InChI=1S/C24H28N6O4S/c1-14-10-11-19(34-14)23-26-27-24(30(23)21(15(2)32-5)16(3)33-6)28-35-17(4)22(31)18-13-25-20-9-7-8-12-29(18)20/h7-13,17,22,31H,2H2,1,3-6H3,(H,27,28)/b21-16-. The van der Waals surface area contributed by atoms with Crippen molar-refractivity contribution >= 4 is 29.2 Å². The zero-order chi connectivity index (χ0) is 25.1. The molecule has 4 rings (SSSR count). The summed E-state index contributed by atoms with van der Waals surface area (Å²) in [4.78, 5) is 4.37. The minimum Gasteiger partial charge on any atom is -0.499 e. The fraction of sp³-hybridized carbons (Fsp3) is 0.292. The molecule has 0 spiro atoms. The minimum absolute atomic E-state index is 0.267. The molecule has 10 nitrogen and oxygen atoms in total.